The van der Waals surface area contributed by atoms with Gasteiger partial charge in [-0.25, -0.2) is 0 Å². The number of aromatic nitrogens is 1. The summed E-state index contributed by atoms with van der Waals surface area (Å²) in [6, 6.07) is 3.52. The van der Waals surface area contributed by atoms with Crippen LogP contribution in [0.5, 0.6) is 5.75 Å². The van der Waals surface area contributed by atoms with Gasteiger partial charge < -0.3 is 15.0 Å². The van der Waals surface area contributed by atoms with Crippen LogP contribution in [0.3, 0.4) is 0 Å². The van der Waals surface area contributed by atoms with Crippen LogP contribution in [0.25, 0.3) is 10.9 Å². The van der Waals surface area contributed by atoms with Gasteiger partial charge in [0.05, 0.1) is 7.11 Å². The predicted octanol–water partition coefficient (Wildman–Crippen LogP) is 3.53. The number of benzene rings is 1. The largest absolute Gasteiger partial charge is 0.497 e. The van der Waals surface area contributed by atoms with Gasteiger partial charge in [0.1, 0.15) is 11.8 Å². The van der Waals surface area contributed by atoms with Gasteiger partial charge in [-0.3, -0.25) is 4.90 Å². The van der Waals surface area contributed by atoms with E-state index in [0.29, 0.717) is 42.8 Å². The topological polar surface area (TPSA) is 40.3 Å². The van der Waals surface area contributed by atoms with Crippen LogP contribution in [0.2, 0.25) is 0 Å². The Labute approximate surface area is 150 Å². The van der Waals surface area contributed by atoms with Gasteiger partial charge >= 0.3 is 6.18 Å². The van der Waals surface area contributed by atoms with Gasteiger partial charge in [-0.1, -0.05) is 0 Å². The molecule has 0 unspecified atom stereocenters. The minimum absolute atomic E-state index is 0. The second kappa shape index (κ2) is 8.29. The van der Waals surface area contributed by atoms with E-state index >= 15 is 0 Å². The van der Waals surface area contributed by atoms with Crippen molar-refractivity contribution < 1.29 is 17.9 Å². The van der Waals surface area contributed by atoms with E-state index in [1.165, 1.54) is 18.2 Å². The lowest BCUT2D eigenvalue weighted by Crippen LogP contribution is -2.49. The van der Waals surface area contributed by atoms with E-state index in [1.54, 1.807) is 18.2 Å². The van der Waals surface area contributed by atoms with E-state index in [1.807, 2.05) is 0 Å². The lowest BCUT2D eigenvalue weighted by Gasteiger charge is -2.35. The van der Waals surface area contributed by atoms with Crippen LogP contribution in [0, 0.1) is 0 Å². The number of aromatic amines is 1. The molecule has 1 fully saturated rings. The lowest BCUT2D eigenvalue weighted by molar-refractivity contribution is -0.187. The van der Waals surface area contributed by atoms with Crippen LogP contribution < -0.4 is 10.1 Å². The number of piperazine rings is 1. The van der Waals surface area contributed by atoms with Crippen molar-refractivity contribution in [3.05, 3.63) is 30.0 Å². The summed E-state index contributed by atoms with van der Waals surface area (Å²) >= 11 is 0. The van der Waals surface area contributed by atoms with Gasteiger partial charge in [0.25, 0.3) is 0 Å². The molecule has 2 heterocycles. The van der Waals surface area contributed by atoms with Gasteiger partial charge in [-0.2, -0.15) is 13.2 Å². The average molecular weight is 386 g/mol. The molecular formula is C15H20Cl2F3N3O. The van der Waals surface area contributed by atoms with E-state index in [2.05, 4.69) is 10.3 Å². The fourth-order valence-electron chi connectivity index (χ4n) is 2.99. The smallest absolute Gasteiger partial charge is 0.408 e. The molecule has 2 aromatic rings. The number of nitrogens with zero attached hydrogens (tertiary/aromatic N) is 1. The van der Waals surface area contributed by atoms with Crippen LogP contribution >= 0.6 is 24.8 Å². The van der Waals surface area contributed by atoms with Gasteiger partial charge in [-0.15, -0.1) is 24.8 Å². The van der Waals surface area contributed by atoms with Crippen molar-refractivity contribution >= 4 is 35.7 Å². The molecule has 0 saturated carbocycles. The number of hydrogen-bond donors (Lipinski definition) is 2. The highest BCUT2D eigenvalue weighted by Crippen LogP contribution is 2.41. The molecule has 1 saturated heterocycles. The van der Waals surface area contributed by atoms with E-state index in [9.17, 15) is 13.2 Å². The first-order chi connectivity index (χ1) is 10.5. The third-order valence-corrected chi connectivity index (χ3v) is 4.04. The molecule has 0 aliphatic carbocycles. The average Bonchev–Trinajstić information content (AvgIpc) is 2.90. The maximum absolute atomic E-state index is 13.7. The summed E-state index contributed by atoms with van der Waals surface area (Å²) in [6.45, 7) is 1.89. The molecular weight excluding hydrogens is 366 g/mol. The number of ether oxygens (including phenoxy) is 1. The SMILES string of the molecule is COc1ccc2[nH]cc([C@@H](N3CCNCC3)C(F)(F)F)c2c1.Cl.Cl. The molecule has 136 valence electrons. The molecule has 1 aromatic heterocycles. The summed E-state index contributed by atoms with van der Waals surface area (Å²) in [6.07, 6.45) is -2.86. The van der Waals surface area contributed by atoms with Crippen molar-refractivity contribution in [1.29, 1.82) is 0 Å². The van der Waals surface area contributed by atoms with Crippen molar-refractivity contribution in [2.75, 3.05) is 33.3 Å². The van der Waals surface area contributed by atoms with Crippen LogP contribution in [0.15, 0.2) is 24.4 Å². The van der Waals surface area contributed by atoms with Crippen LogP contribution in [0.4, 0.5) is 13.2 Å². The number of nitrogens with one attached hydrogen (secondary N) is 2. The minimum atomic E-state index is -4.32. The first-order valence-corrected chi connectivity index (χ1v) is 7.17. The number of alkyl halides is 3. The van der Waals surface area contributed by atoms with E-state index < -0.39 is 12.2 Å². The highest BCUT2D eigenvalue weighted by molar-refractivity contribution is 5.86. The van der Waals surface area contributed by atoms with Gasteiger partial charge in [-0.05, 0) is 18.2 Å². The molecule has 3 rings (SSSR count). The van der Waals surface area contributed by atoms with Gasteiger partial charge in [0, 0.05) is 48.8 Å². The molecule has 1 atom stereocenters. The van der Waals surface area contributed by atoms with E-state index in [0.717, 1.165) is 0 Å². The number of methoxy groups -OCH3 is 1. The summed E-state index contributed by atoms with van der Waals surface area (Å²) in [7, 11) is 1.51. The summed E-state index contributed by atoms with van der Waals surface area (Å²) < 4.78 is 46.2. The predicted molar refractivity (Wildman–Crippen MR) is 92.6 cm³/mol. The Morgan fingerprint density at radius 2 is 1.83 bits per heavy atom. The summed E-state index contributed by atoms with van der Waals surface area (Å²) in [4.78, 5) is 4.42. The number of H-pyrrole nitrogens is 1. The standard InChI is InChI=1S/C15H18F3N3O.2ClH/c1-22-10-2-3-13-11(8-10)12(9-20-13)14(15(16,17)18)21-6-4-19-5-7-21;;/h2-3,8-9,14,19-20H,4-7H2,1H3;2*1H/t14-;;/m1../s1. The summed E-state index contributed by atoms with van der Waals surface area (Å²) in [5.74, 6) is 0.551. The minimum Gasteiger partial charge on any atom is -0.497 e. The van der Waals surface area contributed by atoms with Gasteiger partial charge in [0.2, 0.25) is 0 Å². The Morgan fingerprint density at radius 1 is 1.17 bits per heavy atom. The van der Waals surface area contributed by atoms with E-state index in [-0.39, 0.29) is 30.4 Å². The Kier molecular flexibility index (Phi) is 7.22. The number of rotatable bonds is 3. The Morgan fingerprint density at radius 3 is 2.42 bits per heavy atom. The quantitative estimate of drug-likeness (QED) is 0.848. The maximum Gasteiger partial charge on any atom is 0.408 e. The summed E-state index contributed by atoms with van der Waals surface area (Å²) in [5, 5.41) is 3.64. The molecule has 0 radical (unpaired) electrons. The van der Waals surface area contributed by atoms with Crippen LogP contribution in [0.1, 0.15) is 11.6 Å². The number of halogens is 5. The van der Waals surface area contributed by atoms with Crippen molar-refractivity contribution in [3.8, 4) is 5.75 Å². The van der Waals surface area contributed by atoms with E-state index in [4.69, 9.17) is 4.74 Å². The molecule has 24 heavy (non-hydrogen) atoms. The molecule has 1 aliphatic rings. The zero-order valence-corrected chi connectivity index (χ0v) is 14.7. The highest BCUT2D eigenvalue weighted by atomic mass is 35.5. The highest BCUT2D eigenvalue weighted by Gasteiger charge is 2.45. The molecule has 1 aliphatic heterocycles. The molecule has 2 N–H and O–H groups in total. The number of hydrogen-bond acceptors (Lipinski definition) is 3. The van der Waals surface area contributed by atoms with Crippen molar-refractivity contribution in [3.63, 3.8) is 0 Å². The Balaban J connectivity index is 0.00000144. The molecule has 9 heteroatoms. The third-order valence-electron chi connectivity index (χ3n) is 4.04. The Bertz CT molecular complexity index is 657. The first-order valence-electron chi connectivity index (χ1n) is 7.17. The van der Waals surface area contributed by atoms with Crippen LogP contribution in [-0.4, -0.2) is 49.3 Å². The first kappa shape index (κ1) is 20.9. The zero-order chi connectivity index (χ0) is 15.7. The second-order valence-corrected chi connectivity index (χ2v) is 5.39. The molecule has 1 aromatic carbocycles. The lowest BCUT2D eigenvalue weighted by atomic mass is 10.0. The van der Waals surface area contributed by atoms with Crippen LogP contribution in [-0.2, 0) is 0 Å². The van der Waals surface area contributed by atoms with Crippen molar-refractivity contribution in [2.45, 2.75) is 12.2 Å². The molecule has 0 spiro atoms. The number of fused-ring (bicyclic) bond motifs is 1. The van der Waals surface area contributed by atoms with Crippen molar-refractivity contribution in [1.82, 2.24) is 15.2 Å². The van der Waals surface area contributed by atoms with Gasteiger partial charge in [0.15, 0.2) is 0 Å². The zero-order valence-electron chi connectivity index (χ0n) is 13.0. The monoisotopic (exact) mass is 385 g/mol. The second-order valence-electron chi connectivity index (χ2n) is 5.39. The third kappa shape index (κ3) is 4.08. The normalized spacial score (nSPS) is 17.0. The summed E-state index contributed by atoms with van der Waals surface area (Å²) in [5.41, 5.74) is 0.934. The fourth-order valence-corrected chi connectivity index (χ4v) is 2.99. The molecule has 0 bridgehead atoms. The molecule has 0 amide bonds. The Hall–Kier alpha value is -1.15. The molecule has 4 nitrogen and oxygen atoms in total. The maximum atomic E-state index is 13.7. The van der Waals surface area contributed by atoms with Crippen molar-refractivity contribution in [2.24, 2.45) is 0 Å². The fraction of sp³-hybridized carbons (Fsp3) is 0.467.